The lowest BCUT2D eigenvalue weighted by Crippen LogP contribution is -2.32. The summed E-state index contributed by atoms with van der Waals surface area (Å²) in [6, 6.07) is 0. The highest BCUT2D eigenvalue weighted by Gasteiger charge is 2.24. The van der Waals surface area contributed by atoms with E-state index in [-0.39, 0.29) is 18.7 Å². The van der Waals surface area contributed by atoms with E-state index in [2.05, 4.69) is 6.92 Å². The molecule has 0 aliphatic heterocycles. The van der Waals surface area contributed by atoms with Crippen LogP contribution in [-0.2, 0) is 9.47 Å². The third kappa shape index (κ3) is 24.0. The largest absolute Gasteiger partial charge is 0.412 e. The van der Waals surface area contributed by atoms with Crippen molar-refractivity contribution in [1.29, 1.82) is 0 Å². The summed E-state index contributed by atoms with van der Waals surface area (Å²) >= 11 is 0. The molecular weight excluding hydrogens is 316 g/mol. The van der Waals surface area contributed by atoms with E-state index in [1.165, 1.54) is 0 Å². The zero-order valence-electron chi connectivity index (χ0n) is 16.2. The van der Waals surface area contributed by atoms with E-state index in [4.69, 9.17) is 29.9 Å². The van der Waals surface area contributed by atoms with Gasteiger partial charge in [-0.2, -0.15) is 0 Å². The van der Waals surface area contributed by atoms with E-state index in [0.29, 0.717) is 32.3 Å². The average molecular weight is 359 g/mol. The van der Waals surface area contributed by atoms with Gasteiger partial charge >= 0.3 is 0 Å². The first-order chi connectivity index (χ1) is 11.1. The minimum absolute atomic E-state index is 0. The topological polar surface area (TPSA) is 131 Å². The Kier molecular flexibility index (Phi) is 36.2. The Labute approximate surface area is 147 Å². The Morgan fingerprint density at radius 1 is 0.750 bits per heavy atom. The van der Waals surface area contributed by atoms with Gasteiger partial charge < -0.3 is 35.4 Å². The van der Waals surface area contributed by atoms with Crippen molar-refractivity contribution >= 4 is 0 Å². The molecule has 1 fully saturated rings. The smallest absolute Gasteiger partial charge is 0.0801 e. The van der Waals surface area contributed by atoms with E-state index in [9.17, 15) is 0 Å². The van der Waals surface area contributed by atoms with Gasteiger partial charge in [0.1, 0.15) is 0 Å². The van der Waals surface area contributed by atoms with Gasteiger partial charge in [-0.25, -0.2) is 0 Å². The summed E-state index contributed by atoms with van der Waals surface area (Å²) < 4.78 is 9.75. The summed E-state index contributed by atoms with van der Waals surface area (Å²) in [5.74, 6) is 0.586. The molecule has 7 heteroatoms. The molecule has 0 aromatic heterocycles. The number of ether oxygens (including phenoxy) is 2. The highest BCUT2D eigenvalue weighted by Crippen LogP contribution is 2.23. The molecule has 0 radical (unpaired) electrons. The minimum atomic E-state index is -0.464. The zero-order valence-corrected chi connectivity index (χ0v) is 16.2. The lowest BCUT2D eigenvalue weighted by molar-refractivity contribution is -0.0226. The van der Waals surface area contributed by atoms with Gasteiger partial charge in [0.25, 0.3) is 0 Å². The van der Waals surface area contributed by atoms with E-state index in [1.807, 2.05) is 27.7 Å². The Bertz CT molecular complexity index is 186. The number of aliphatic hydroxyl groups excluding tert-OH is 4. The molecule has 1 rings (SSSR count). The van der Waals surface area contributed by atoms with Crippen LogP contribution in [0.2, 0.25) is 0 Å². The molecule has 152 valence electrons. The van der Waals surface area contributed by atoms with Crippen LogP contribution >= 0.6 is 0 Å². The van der Waals surface area contributed by atoms with Crippen LogP contribution in [0.15, 0.2) is 0 Å². The Hall–Kier alpha value is -0.280. The standard InChI is InChI=1S/C7H14O2.C6H14O4.2C2H6.H2O/c1-5-2-3-6(8)7(9)4-5;7-1-3-9-5-6-10-4-2-8;2*1-2;/h5-9H,2-4H2,1H3;7-8H,1-6H2;2*1-2H3;1H2. The summed E-state index contributed by atoms with van der Waals surface area (Å²) in [5, 5.41) is 34.7. The summed E-state index contributed by atoms with van der Waals surface area (Å²) in [7, 11) is 0. The summed E-state index contributed by atoms with van der Waals surface area (Å²) in [5.41, 5.74) is 0. The molecule has 7 nitrogen and oxygen atoms in total. The van der Waals surface area contributed by atoms with Crippen molar-refractivity contribution in [3.05, 3.63) is 0 Å². The van der Waals surface area contributed by atoms with E-state index in [0.717, 1.165) is 19.3 Å². The molecule has 0 heterocycles. The summed E-state index contributed by atoms with van der Waals surface area (Å²) in [4.78, 5) is 0. The van der Waals surface area contributed by atoms with Gasteiger partial charge in [-0.15, -0.1) is 0 Å². The van der Waals surface area contributed by atoms with Crippen molar-refractivity contribution in [2.75, 3.05) is 39.6 Å². The van der Waals surface area contributed by atoms with E-state index < -0.39 is 12.2 Å². The first kappa shape index (κ1) is 31.5. The number of hydrogen-bond donors (Lipinski definition) is 4. The molecular formula is C17H42O7. The summed E-state index contributed by atoms with van der Waals surface area (Å²) in [6.07, 6.45) is 1.66. The van der Waals surface area contributed by atoms with Gasteiger partial charge in [-0.1, -0.05) is 34.6 Å². The fraction of sp³-hybridized carbons (Fsp3) is 1.00. The van der Waals surface area contributed by atoms with Gasteiger partial charge in [0.05, 0.1) is 51.8 Å². The maximum Gasteiger partial charge on any atom is 0.0801 e. The molecule has 1 saturated carbocycles. The first-order valence-corrected chi connectivity index (χ1v) is 8.85. The van der Waals surface area contributed by atoms with Gasteiger partial charge in [-0.05, 0) is 25.2 Å². The van der Waals surface area contributed by atoms with Crippen molar-refractivity contribution in [2.45, 2.75) is 66.1 Å². The Morgan fingerprint density at radius 2 is 1.17 bits per heavy atom. The summed E-state index contributed by atoms with van der Waals surface area (Å²) in [6.45, 7) is 11.8. The molecule has 0 bridgehead atoms. The predicted molar refractivity (Wildman–Crippen MR) is 97.1 cm³/mol. The lowest BCUT2D eigenvalue weighted by Gasteiger charge is -2.27. The van der Waals surface area contributed by atoms with Gasteiger partial charge in [0.15, 0.2) is 0 Å². The van der Waals surface area contributed by atoms with Gasteiger partial charge in [-0.3, -0.25) is 0 Å². The monoisotopic (exact) mass is 358 g/mol. The molecule has 0 aromatic carbocycles. The fourth-order valence-corrected chi connectivity index (χ4v) is 1.79. The first-order valence-electron chi connectivity index (χ1n) is 8.85. The molecule has 3 unspecified atom stereocenters. The highest BCUT2D eigenvalue weighted by molar-refractivity contribution is 4.76. The van der Waals surface area contributed by atoms with Crippen molar-refractivity contribution in [3.8, 4) is 0 Å². The lowest BCUT2D eigenvalue weighted by atomic mass is 9.87. The van der Waals surface area contributed by atoms with Crippen LogP contribution in [0.3, 0.4) is 0 Å². The molecule has 1 aliphatic rings. The van der Waals surface area contributed by atoms with Crippen LogP contribution in [0.4, 0.5) is 0 Å². The maximum absolute atomic E-state index is 9.10. The minimum Gasteiger partial charge on any atom is -0.412 e. The second-order valence-electron chi connectivity index (χ2n) is 4.72. The SMILES string of the molecule is CC.CC.CC1CCC(O)C(O)C1.O.OCCOCCOCCO. The van der Waals surface area contributed by atoms with Crippen LogP contribution in [0.1, 0.15) is 53.9 Å². The van der Waals surface area contributed by atoms with Crippen molar-refractivity contribution in [1.82, 2.24) is 0 Å². The van der Waals surface area contributed by atoms with Crippen LogP contribution in [0.5, 0.6) is 0 Å². The van der Waals surface area contributed by atoms with Crippen molar-refractivity contribution < 1.29 is 35.4 Å². The Morgan fingerprint density at radius 3 is 1.46 bits per heavy atom. The second kappa shape index (κ2) is 27.6. The van der Waals surface area contributed by atoms with Gasteiger partial charge in [0, 0.05) is 0 Å². The van der Waals surface area contributed by atoms with Crippen molar-refractivity contribution in [3.63, 3.8) is 0 Å². The zero-order chi connectivity index (χ0) is 18.5. The molecule has 0 amide bonds. The quantitative estimate of drug-likeness (QED) is 0.497. The molecule has 0 saturated heterocycles. The van der Waals surface area contributed by atoms with Crippen LogP contribution in [0, 0.1) is 5.92 Å². The maximum atomic E-state index is 9.10. The number of rotatable bonds is 7. The molecule has 6 N–H and O–H groups in total. The van der Waals surface area contributed by atoms with Gasteiger partial charge in [0.2, 0.25) is 0 Å². The van der Waals surface area contributed by atoms with Crippen LogP contribution in [0.25, 0.3) is 0 Å². The highest BCUT2D eigenvalue weighted by atomic mass is 16.5. The van der Waals surface area contributed by atoms with Crippen LogP contribution in [-0.4, -0.2) is 77.8 Å². The Balaban J connectivity index is -0.000000133. The third-order valence-electron chi connectivity index (χ3n) is 2.89. The van der Waals surface area contributed by atoms with E-state index >= 15 is 0 Å². The molecule has 0 aromatic rings. The average Bonchev–Trinajstić information content (AvgIpc) is 2.59. The molecule has 0 spiro atoms. The molecule has 3 atom stereocenters. The number of aliphatic hydroxyl groups is 4. The predicted octanol–water partition coefficient (Wildman–Crippen LogP) is 0.760. The van der Waals surface area contributed by atoms with E-state index in [1.54, 1.807) is 0 Å². The molecule has 1 aliphatic carbocycles. The second-order valence-corrected chi connectivity index (χ2v) is 4.72. The number of hydrogen-bond acceptors (Lipinski definition) is 6. The molecule has 24 heavy (non-hydrogen) atoms. The normalized spacial score (nSPS) is 21.6. The van der Waals surface area contributed by atoms with Crippen LogP contribution < -0.4 is 0 Å². The fourth-order valence-electron chi connectivity index (χ4n) is 1.79. The van der Waals surface area contributed by atoms with Crippen molar-refractivity contribution in [2.24, 2.45) is 5.92 Å². The third-order valence-corrected chi connectivity index (χ3v) is 2.89.